The Morgan fingerprint density at radius 1 is 1.10 bits per heavy atom. The molecule has 3 aromatic rings. The summed E-state index contributed by atoms with van der Waals surface area (Å²) >= 11 is 0. The smallest absolute Gasteiger partial charge is 0.363 e. The van der Waals surface area contributed by atoms with Gasteiger partial charge < -0.3 is 25.2 Å². The summed E-state index contributed by atoms with van der Waals surface area (Å²) in [5.74, 6) is 0.508. The molecule has 2 aromatic heterocycles. The van der Waals surface area contributed by atoms with Gasteiger partial charge in [0.25, 0.3) is 0 Å². The van der Waals surface area contributed by atoms with Crippen molar-refractivity contribution in [3.8, 4) is 11.3 Å². The molecule has 1 aliphatic heterocycles. The second kappa shape index (κ2) is 8.74. The molecular weight excluding hydrogens is 398 g/mol. The van der Waals surface area contributed by atoms with Crippen LogP contribution in [-0.2, 0) is 0 Å². The van der Waals surface area contributed by atoms with Gasteiger partial charge in [-0.2, -0.15) is 0 Å². The molecule has 10 heteroatoms. The van der Waals surface area contributed by atoms with Crippen molar-refractivity contribution in [1.82, 2.24) is 19.9 Å². The summed E-state index contributed by atoms with van der Waals surface area (Å²) in [6, 6.07) is 12.3. The Balaban J connectivity index is 1.36. The van der Waals surface area contributed by atoms with Gasteiger partial charge in [-0.25, -0.2) is 14.8 Å². The fourth-order valence-electron chi connectivity index (χ4n) is 3.42. The molecule has 1 aromatic carbocycles. The third-order valence-electron chi connectivity index (χ3n) is 5.04. The molecule has 1 saturated heterocycles. The second-order valence-electron chi connectivity index (χ2n) is 7.11. The zero-order chi connectivity index (χ0) is 21.8. The van der Waals surface area contributed by atoms with Gasteiger partial charge in [0.1, 0.15) is 5.82 Å². The molecule has 0 atom stereocenters. The maximum atomic E-state index is 12.7. The number of urea groups is 1. The Morgan fingerprint density at radius 3 is 2.58 bits per heavy atom. The van der Waals surface area contributed by atoms with Crippen LogP contribution in [0.15, 0.2) is 54.9 Å². The minimum atomic E-state index is -0.521. The molecule has 1 aliphatic rings. The molecule has 1 N–H and O–H groups in total. The Labute approximate surface area is 178 Å². The Hall–Kier alpha value is -4.08. The number of amides is 2. The average molecular weight is 419 g/mol. The van der Waals surface area contributed by atoms with Crippen molar-refractivity contribution in [2.45, 2.75) is 6.92 Å². The van der Waals surface area contributed by atoms with Crippen LogP contribution in [-0.4, -0.2) is 57.0 Å². The fraction of sp³-hybridized carbons (Fsp3) is 0.238. The number of aromatic nitrogens is 3. The quantitative estimate of drug-likeness (QED) is 0.510. The monoisotopic (exact) mass is 419 g/mol. The van der Waals surface area contributed by atoms with Crippen LogP contribution in [0.2, 0.25) is 0 Å². The van der Waals surface area contributed by atoms with Gasteiger partial charge in [-0.3, -0.25) is 0 Å². The van der Waals surface area contributed by atoms with E-state index in [0.29, 0.717) is 37.7 Å². The first-order chi connectivity index (χ1) is 15.0. The van der Waals surface area contributed by atoms with E-state index < -0.39 is 4.92 Å². The molecule has 3 heterocycles. The first-order valence-corrected chi connectivity index (χ1v) is 9.81. The van der Waals surface area contributed by atoms with Crippen LogP contribution in [0, 0.1) is 17.0 Å². The number of carbonyl (C=O) groups excluding carboxylic acids is 1. The predicted molar refractivity (Wildman–Crippen MR) is 116 cm³/mol. The SMILES string of the molecule is Cc1nccc(-c2cccc(NC(=O)N3CCN(c4ccc([N+](=O)[O-])nc4)CC3)c2)n1. The van der Waals surface area contributed by atoms with E-state index in [9.17, 15) is 14.9 Å². The minimum Gasteiger partial charge on any atom is -0.365 e. The van der Waals surface area contributed by atoms with Gasteiger partial charge in [-0.05, 0) is 41.1 Å². The third kappa shape index (κ3) is 4.74. The van der Waals surface area contributed by atoms with Gasteiger partial charge in [0.15, 0.2) is 6.20 Å². The number of anilines is 2. The standard InChI is InChI=1S/C21H21N7O3/c1-15-22-8-7-19(24-15)16-3-2-4-17(13-16)25-21(29)27-11-9-26(10-12-27)18-5-6-20(23-14-18)28(30)31/h2-8,13-14H,9-12H2,1H3,(H,25,29). The van der Waals surface area contributed by atoms with Crippen LogP contribution in [0.5, 0.6) is 0 Å². The Morgan fingerprint density at radius 2 is 1.90 bits per heavy atom. The lowest BCUT2D eigenvalue weighted by molar-refractivity contribution is -0.389. The molecule has 0 saturated carbocycles. The minimum absolute atomic E-state index is 0.169. The van der Waals surface area contributed by atoms with Gasteiger partial charge in [0.05, 0.1) is 11.4 Å². The first-order valence-electron chi connectivity index (χ1n) is 9.81. The van der Waals surface area contributed by atoms with Crippen LogP contribution >= 0.6 is 0 Å². The number of hydrogen-bond donors (Lipinski definition) is 1. The molecule has 1 fully saturated rings. The van der Waals surface area contributed by atoms with E-state index in [1.165, 1.54) is 12.3 Å². The molecule has 2 amide bonds. The number of nitrogens with zero attached hydrogens (tertiary/aromatic N) is 6. The highest BCUT2D eigenvalue weighted by atomic mass is 16.6. The number of benzene rings is 1. The predicted octanol–water partition coefficient (Wildman–Crippen LogP) is 3.11. The Kier molecular flexibility index (Phi) is 5.69. The van der Waals surface area contributed by atoms with E-state index in [2.05, 4.69) is 25.2 Å². The van der Waals surface area contributed by atoms with Crippen LogP contribution in [0.3, 0.4) is 0 Å². The third-order valence-corrected chi connectivity index (χ3v) is 5.04. The number of aryl methyl sites for hydroxylation is 1. The van der Waals surface area contributed by atoms with Crippen LogP contribution in [0.1, 0.15) is 5.82 Å². The molecule has 10 nitrogen and oxygen atoms in total. The number of nitro groups is 1. The molecule has 0 spiro atoms. The summed E-state index contributed by atoms with van der Waals surface area (Å²) in [5, 5.41) is 13.7. The maximum Gasteiger partial charge on any atom is 0.363 e. The lowest BCUT2D eigenvalue weighted by atomic mass is 10.1. The molecule has 0 bridgehead atoms. The number of piperazine rings is 1. The van der Waals surface area contributed by atoms with Crippen molar-refractivity contribution >= 4 is 23.2 Å². The number of rotatable bonds is 4. The van der Waals surface area contributed by atoms with Gasteiger partial charge in [0.2, 0.25) is 0 Å². The van der Waals surface area contributed by atoms with E-state index in [1.54, 1.807) is 17.2 Å². The van der Waals surface area contributed by atoms with Gasteiger partial charge in [-0.1, -0.05) is 12.1 Å². The topological polar surface area (TPSA) is 117 Å². The van der Waals surface area contributed by atoms with Crippen LogP contribution in [0.4, 0.5) is 22.0 Å². The molecule has 0 radical (unpaired) electrons. The maximum absolute atomic E-state index is 12.7. The molecule has 4 rings (SSSR count). The summed E-state index contributed by atoms with van der Waals surface area (Å²) < 4.78 is 0. The summed E-state index contributed by atoms with van der Waals surface area (Å²) in [5.41, 5.74) is 3.20. The van der Waals surface area contributed by atoms with E-state index in [4.69, 9.17) is 0 Å². The highest BCUT2D eigenvalue weighted by Gasteiger charge is 2.22. The lowest BCUT2D eigenvalue weighted by Crippen LogP contribution is -2.50. The zero-order valence-electron chi connectivity index (χ0n) is 16.9. The number of hydrogen-bond acceptors (Lipinski definition) is 7. The number of nitrogens with one attached hydrogen (secondary N) is 1. The molecular formula is C21H21N7O3. The molecule has 0 unspecified atom stereocenters. The molecule has 0 aliphatic carbocycles. The van der Waals surface area contributed by atoms with E-state index in [-0.39, 0.29) is 11.8 Å². The van der Waals surface area contributed by atoms with Crippen molar-refractivity contribution in [1.29, 1.82) is 0 Å². The first kappa shape index (κ1) is 20.2. The summed E-state index contributed by atoms with van der Waals surface area (Å²) in [6.07, 6.45) is 3.21. The Bertz CT molecular complexity index is 1100. The van der Waals surface area contributed by atoms with Crippen LogP contribution < -0.4 is 10.2 Å². The second-order valence-corrected chi connectivity index (χ2v) is 7.11. The van der Waals surface area contributed by atoms with Gasteiger partial charge in [0, 0.05) is 49.7 Å². The number of carbonyl (C=O) groups is 1. The van der Waals surface area contributed by atoms with Crippen molar-refractivity contribution in [3.63, 3.8) is 0 Å². The zero-order valence-corrected chi connectivity index (χ0v) is 16.9. The summed E-state index contributed by atoms with van der Waals surface area (Å²) in [6.45, 7) is 4.14. The van der Waals surface area contributed by atoms with Crippen molar-refractivity contribution in [2.24, 2.45) is 0 Å². The highest BCUT2D eigenvalue weighted by Crippen LogP contribution is 2.22. The van der Waals surface area contributed by atoms with Crippen molar-refractivity contribution < 1.29 is 9.72 Å². The highest BCUT2D eigenvalue weighted by molar-refractivity contribution is 5.90. The molecule has 158 valence electrons. The van der Waals surface area contributed by atoms with Gasteiger partial charge in [-0.15, -0.1) is 0 Å². The lowest BCUT2D eigenvalue weighted by Gasteiger charge is -2.35. The van der Waals surface area contributed by atoms with Gasteiger partial charge >= 0.3 is 11.8 Å². The summed E-state index contributed by atoms with van der Waals surface area (Å²) in [7, 11) is 0. The van der Waals surface area contributed by atoms with E-state index in [1.807, 2.05) is 37.3 Å². The summed E-state index contributed by atoms with van der Waals surface area (Å²) in [4.78, 5) is 39.1. The van der Waals surface area contributed by atoms with Crippen LogP contribution in [0.25, 0.3) is 11.3 Å². The van der Waals surface area contributed by atoms with E-state index in [0.717, 1.165) is 16.9 Å². The number of pyridine rings is 1. The van der Waals surface area contributed by atoms with Crippen molar-refractivity contribution in [3.05, 3.63) is 70.8 Å². The average Bonchev–Trinajstić information content (AvgIpc) is 2.79. The molecule has 31 heavy (non-hydrogen) atoms. The van der Waals surface area contributed by atoms with E-state index >= 15 is 0 Å². The fourth-order valence-corrected chi connectivity index (χ4v) is 3.42. The normalized spacial score (nSPS) is 13.7. The largest absolute Gasteiger partial charge is 0.365 e. The van der Waals surface area contributed by atoms with Crippen molar-refractivity contribution in [2.75, 3.05) is 36.4 Å².